The highest BCUT2D eigenvalue weighted by molar-refractivity contribution is 7.17. The summed E-state index contributed by atoms with van der Waals surface area (Å²) in [6.45, 7) is 5.73. The van der Waals surface area contributed by atoms with Crippen molar-refractivity contribution in [2.75, 3.05) is 13.1 Å². The Morgan fingerprint density at radius 2 is 1.90 bits per heavy atom. The lowest BCUT2D eigenvalue weighted by atomic mass is 9.95. The number of amides is 2. The third-order valence-corrected chi connectivity index (χ3v) is 7.00. The second kappa shape index (κ2) is 9.22. The summed E-state index contributed by atoms with van der Waals surface area (Å²) in [5, 5.41) is 5.07. The fourth-order valence-corrected chi connectivity index (χ4v) is 4.89. The van der Waals surface area contributed by atoms with Gasteiger partial charge in [0.05, 0.1) is 10.2 Å². The number of fused-ring (bicyclic) bond motifs is 1. The van der Waals surface area contributed by atoms with Crippen LogP contribution in [0.3, 0.4) is 0 Å². The molecule has 0 bridgehead atoms. The second-order valence-corrected chi connectivity index (χ2v) is 9.24. The van der Waals surface area contributed by atoms with Gasteiger partial charge in [0.25, 0.3) is 5.91 Å². The zero-order chi connectivity index (χ0) is 22.0. The fraction of sp³-hybridized carbons (Fsp3) is 0.417. The number of piperidine rings is 1. The summed E-state index contributed by atoms with van der Waals surface area (Å²) in [7, 11) is 0. The molecular formula is C24H28FN3O2S. The Balaban J connectivity index is 1.49. The number of likely N-dealkylation sites (tertiary alicyclic amines) is 1. The number of halogens is 1. The molecule has 1 atom stereocenters. The molecule has 31 heavy (non-hydrogen) atoms. The Labute approximate surface area is 185 Å². The summed E-state index contributed by atoms with van der Waals surface area (Å²) in [5.41, 5.74) is 2.61. The maximum absolute atomic E-state index is 13.4. The van der Waals surface area contributed by atoms with Crippen molar-refractivity contribution in [3.8, 4) is 0 Å². The van der Waals surface area contributed by atoms with Crippen LogP contribution in [0, 0.1) is 11.7 Å². The van der Waals surface area contributed by atoms with Crippen LogP contribution in [0.25, 0.3) is 10.2 Å². The van der Waals surface area contributed by atoms with Gasteiger partial charge in [-0.15, -0.1) is 11.3 Å². The van der Waals surface area contributed by atoms with Crippen molar-refractivity contribution < 1.29 is 14.0 Å². The lowest BCUT2D eigenvalue weighted by Gasteiger charge is -2.32. The number of hydrogen-bond acceptors (Lipinski definition) is 3. The SMILES string of the molecule is CC[C@@H](C)NC(=O)C1CCN(C(=O)c2cc3sccc3n2Cc2ccc(F)cc2)CC1. The summed E-state index contributed by atoms with van der Waals surface area (Å²) in [6, 6.07) is 10.5. The highest BCUT2D eigenvalue weighted by atomic mass is 32.1. The van der Waals surface area contributed by atoms with E-state index in [9.17, 15) is 14.0 Å². The fourth-order valence-electron chi connectivity index (χ4n) is 4.07. The van der Waals surface area contributed by atoms with Crippen LogP contribution in [0.5, 0.6) is 0 Å². The third kappa shape index (κ3) is 4.66. The number of nitrogens with one attached hydrogen (secondary N) is 1. The van der Waals surface area contributed by atoms with Gasteiger partial charge in [0, 0.05) is 31.6 Å². The maximum atomic E-state index is 13.4. The van der Waals surface area contributed by atoms with Crippen molar-refractivity contribution in [1.82, 2.24) is 14.8 Å². The highest BCUT2D eigenvalue weighted by Crippen LogP contribution is 2.28. The Kier molecular flexibility index (Phi) is 6.41. The summed E-state index contributed by atoms with van der Waals surface area (Å²) < 4.78 is 16.4. The average Bonchev–Trinajstić information content (AvgIpc) is 3.37. The third-order valence-electron chi connectivity index (χ3n) is 6.15. The van der Waals surface area contributed by atoms with Gasteiger partial charge in [0.2, 0.25) is 5.91 Å². The molecule has 164 valence electrons. The maximum Gasteiger partial charge on any atom is 0.270 e. The zero-order valence-electron chi connectivity index (χ0n) is 17.9. The van der Waals surface area contributed by atoms with Crippen LogP contribution >= 0.6 is 11.3 Å². The smallest absolute Gasteiger partial charge is 0.270 e. The van der Waals surface area contributed by atoms with Gasteiger partial charge in [-0.05, 0) is 61.4 Å². The number of aromatic nitrogens is 1. The van der Waals surface area contributed by atoms with E-state index in [-0.39, 0.29) is 29.6 Å². The highest BCUT2D eigenvalue weighted by Gasteiger charge is 2.30. The molecule has 7 heteroatoms. The van der Waals surface area contributed by atoms with Crippen LogP contribution in [-0.4, -0.2) is 40.4 Å². The first-order valence-electron chi connectivity index (χ1n) is 10.9. The molecule has 1 aromatic carbocycles. The van der Waals surface area contributed by atoms with Crippen molar-refractivity contribution in [2.45, 2.75) is 45.7 Å². The van der Waals surface area contributed by atoms with Crippen molar-refractivity contribution in [1.29, 1.82) is 0 Å². The van der Waals surface area contributed by atoms with Crippen LogP contribution in [0.4, 0.5) is 4.39 Å². The lowest BCUT2D eigenvalue weighted by Crippen LogP contribution is -2.45. The van der Waals surface area contributed by atoms with Gasteiger partial charge in [-0.25, -0.2) is 4.39 Å². The van der Waals surface area contributed by atoms with Crippen molar-refractivity contribution >= 4 is 33.4 Å². The van der Waals surface area contributed by atoms with E-state index in [4.69, 9.17) is 0 Å². The number of carbonyl (C=O) groups excluding carboxylic acids is 2. The number of rotatable bonds is 6. The largest absolute Gasteiger partial charge is 0.353 e. The summed E-state index contributed by atoms with van der Waals surface area (Å²) in [5.74, 6) is -0.214. The van der Waals surface area contributed by atoms with Gasteiger partial charge in [-0.2, -0.15) is 0 Å². The second-order valence-electron chi connectivity index (χ2n) is 8.30. The van der Waals surface area contributed by atoms with Gasteiger partial charge < -0.3 is 14.8 Å². The van der Waals surface area contributed by atoms with Crippen molar-refractivity contribution in [2.24, 2.45) is 5.92 Å². The van der Waals surface area contributed by atoms with E-state index in [1.165, 1.54) is 12.1 Å². The molecule has 2 aromatic heterocycles. The number of carbonyl (C=O) groups is 2. The predicted octanol–water partition coefficient (Wildman–Crippen LogP) is 4.66. The molecule has 3 heterocycles. The van der Waals surface area contributed by atoms with Gasteiger partial charge >= 0.3 is 0 Å². The molecule has 5 nitrogen and oxygen atoms in total. The van der Waals surface area contributed by atoms with Crippen LogP contribution in [0.15, 0.2) is 41.8 Å². The zero-order valence-corrected chi connectivity index (χ0v) is 18.8. The van der Waals surface area contributed by atoms with Gasteiger partial charge in [-0.1, -0.05) is 19.1 Å². The van der Waals surface area contributed by atoms with Crippen LogP contribution in [-0.2, 0) is 11.3 Å². The molecule has 3 aromatic rings. The topological polar surface area (TPSA) is 54.3 Å². The monoisotopic (exact) mass is 441 g/mol. The molecule has 0 radical (unpaired) electrons. The molecule has 0 saturated carbocycles. The van der Waals surface area contributed by atoms with E-state index in [1.807, 2.05) is 33.9 Å². The minimum absolute atomic E-state index is 0.00806. The molecule has 1 aliphatic heterocycles. The van der Waals surface area contributed by atoms with E-state index < -0.39 is 0 Å². The van der Waals surface area contributed by atoms with E-state index in [0.29, 0.717) is 38.2 Å². The molecular weight excluding hydrogens is 413 g/mol. The van der Waals surface area contributed by atoms with Crippen LogP contribution < -0.4 is 5.32 Å². The molecule has 1 aliphatic rings. The van der Waals surface area contributed by atoms with E-state index in [2.05, 4.69) is 12.2 Å². The first-order valence-corrected chi connectivity index (χ1v) is 11.7. The quantitative estimate of drug-likeness (QED) is 0.605. The minimum Gasteiger partial charge on any atom is -0.353 e. The number of benzene rings is 1. The Morgan fingerprint density at radius 1 is 1.19 bits per heavy atom. The number of nitrogens with zero attached hydrogens (tertiary/aromatic N) is 2. The molecule has 2 amide bonds. The number of hydrogen-bond donors (Lipinski definition) is 1. The predicted molar refractivity (Wildman–Crippen MR) is 122 cm³/mol. The number of thiophene rings is 1. The summed E-state index contributed by atoms with van der Waals surface area (Å²) in [4.78, 5) is 27.7. The lowest BCUT2D eigenvalue weighted by molar-refractivity contribution is -0.126. The Morgan fingerprint density at radius 3 is 2.58 bits per heavy atom. The van der Waals surface area contributed by atoms with E-state index in [0.717, 1.165) is 22.2 Å². The van der Waals surface area contributed by atoms with Gasteiger partial charge in [-0.3, -0.25) is 9.59 Å². The van der Waals surface area contributed by atoms with Gasteiger partial charge in [0.15, 0.2) is 0 Å². The molecule has 0 unspecified atom stereocenters. The van der Waals surface area contributed by atoms with E-state index in [1.54, 1.807) is 23.5 Å². The molecule has 0 spiro atoms. The first-order chi connectivity index (χ1) is 15.0. The van der Waals surface area contributed by atoms with Crippen molar-refractivity contribution in [3.05, 3.63) is 58.9 Å². The summed E-state index contributed by atoms with van der Waals surface area (Å²) >= 11 is 1.61. The summed E-state index contributed by atoms with van der Waals surface area (Å²) in [6.07, 6.45) is 2.27. The normalized spacial score (nSPS) is 15.9. The molecule has 1 fully saturated rings. The molecule has 0 aliphatic carbocycles. The van der Waals surface area contributed by atoms with E-state index >= 15 is 0 Å². The van der Waals surface area contributed by atoms with Crippen LogP contribution in [0.2, 0.25) is 0 Å². The molecule has 4 rings (SSSR count). The van der Waals surface area contributed by atoms with Gasteiger partial charge in [0.1, 0.15) is 11.5 Å². The van der Waals surface area contributed by atoms with Crippen LogP contribution in [0.1, 0.15) is 49.2 Å². The minimum atomic E-state index is -0.270. The average molecular weight is 442 g/mol. The first kappa shape index (κ1) is 21.6. The molecule has 1 N–H and O–H groups in total. The molecule has 1 saturated heterocycles. The Hall–Kier alpha value is -2.67. The Bertz CT molecular complexity index is 1060. The van der Waals surface area contributed by atoms with Crippen molar-refractivity contribution in [3.63, 3.8) is 0 Å². The standard InChI is InChI=1S/C24H28FN3O2S/c1-3-16(2)26-23(29)18-8-11-27(12-9-18)24(30)21-14-22-20(10-13-31-22)28(21)15-17-4-6-19(25)7-5-17/h4-7,10,13-14,16,18H,3,8-9,11-12,15H2,1-2H3,(H,26,29)/t16-/m1/s1.